The fourth-order valence-corrected chi connectivity index (χ4v) is 6.04. The number of likely N-dealkylation sites (tertiary alicyclic amines) is 2. The first-order valence-corrected chi connectivity index (χ1v) is 14.0. The number of hydrogen-bond acceptors (Lipinski definition) is 4. The van der Waals surface area contributed by atoms with Gasteiger partial charge in [0.1, 0.15) is 0 Å². The fraction of sp³-hybridized carbons (Fsp3) is 0.481. The number of amides is 2. The molecule has 2 aliphatic rings. The lowest BCUT2D eigenvalue weighted by molar-refractivity contribution is 0.0634. The highest BCUT2D eigenvalue weighted by Gasteiger charge is 2.28. The van der Waals surface area contributed by atoms with Crippen LogP contribution in [0, 0.1) is 6.92 Å². The third kappa shape index (κ3) is 5.69. The predicted molar refractivity (Wildman–Crippen MR) is 137 cm³/mol. The number of nitrogens with zero attached hydrogens (tertiary/aromatic N) is 2. The van der Waals surface area contributed by atoms with Crippen molar-refractivity contribution < 1.29 is 18.0 Å². The quantitative estimate of drug-likeness (QED) is 0.641. The standard InChI is InChI=1S/C27H35N3O4S/c1-19-10-12-25(13-11-19)35(33,34)28-24-17-22(26(31)29-14-6-4-8-20(29)2)16-23(18-24)27(32)30-15-7-5-9-21(30)3/h10-13,16-18,20-21,28H,4-9,14-15H2,1-3H3. The average molecular weight is 498 g/mol. The van der Waals surface area contributed by atoms with Gasteiger partial charge in [-0.1, -0.05) is 17.7 Å². The van der Waals surface area contributed by atoms with E-state index >= 15 is 0 Å². The first kappa shape index (κ1) is 25.2. The van der Waals surface area contributed by atoms with Crippen LogP contribution < -0.4 is 4.72 Å². The summed E-state index contributed by atoms with van der Waals surface area (Å²) < 4.78 is 28.8. The largest absolute Gasteiger partial charge is 0.336 e. The van der Waals surface area contributed by atoms with Gasteiger partial charge in [-0.25, -0.2) is 8.42 Å². The summed E-state index contributed by atoms with van der Waals surface area (Å²) in [6, 6.07) is 11.5. The van der Waals surface area contributed by atoms with Crippen molar-refractivity contribution in [3.8, 4) is 0 Å². The molecule has 8 heteroatoms. The second kappa shape index (κ2) is 10.4. The molecule has 2 saturated heterocycles. The molecule has 2 amide bonds. The summed E-state index contributed by atoms with van der Waals surface area (Å²) in [6.45, 7) is 7.27. The molecule has 0 radical (unpaired) electrons. The van der Waals surface area contributed by atoms with Crippen LogP contribution in [0.25, 0.3) is 0 Å². The van der Waals surface area contributed by atoms with Gasteiger partial charge in [-0.05, 0) is 89.6 Å². The second-order valence-corrected chi connectivity index (χ2v) is 11.6. The van der Waals surface area contributed by atoms with Gasteiger partial charge in [-0.2, -0.15) is 0 Å². The molecule has 2 fully saturated rings. The number of nitrogens with one attached hydrogen (secondary N) is 1. The summed E-state index contributed by atoms with van der Waals surface area (Å²) in [6.07, 6.45) is 5.90. The van der Waals surface area contributed by atoms with Crippen molar-refractivity contribution in [3.05, 3.63) is 59.2 Å². The lowest BCUT2D eigenvalue weighted by atomic mass is 9.99. The van der Waals surface area contributed by atoms with Crippen LogP contribution in [-0.4, -0.2) is 55.2 Å². The van der Waals surface area contributed by atoms with Gasteiger partial charge >= 0.3 is 0 Å². The predicted octanol–water partition coefficient (Wildman–Crippen LogP) is 4.83. The Hall–Kier alpha value is -2.87. The average Bonchev–Trinajstić information content (AvgIpc) is 2.83. The Balaban J connectivity index is 1.71. The molecule has 1 N–H and O–H groups in total. The van der Waals surface area contributed by atoms with Crippen LogP contribution >= 0.6 is 0 Å². The molecule has 2 aromatic carbocycles. The molecule has 35 heavy (non-hydrogen) atoms. The highest BCUT2D eigenvalue weighted by Crippen LogP contribution is 2.26. The zero-order valence-corrected chi connectivity index (χ0v) is 21.6. The van der Waals surface area contributed by atoms with Gasteiger partial charge in [0.15, 0.2) is 0 Å². The third-order valence-electron chi connectivity index (χ3n) is 7.14. The van der Waals surface area contributed by atoms with E-state index in [0.29, 0.717) is 24.2 Å². The van der Waals surface area contributed by atoms with Crippen molar-refractivity contribution in [1.82, 2.24) is 9.80 Å². The lowest BCUT2D eigenvalue weighted by Gasteiger charge is -2.34. The van der Waals surface area contributed by atoms with Crippen LogP contribution in [0.5, 0.6) is 0 Å². The molecule has 2 unspecified atom stereocenters. The molecular weight excluding hydrogens is 462 g/mol. The second-order valence-electron chi connectivity index (χ2n) is 9.90. The molecule has 2 atom stereocenters. The SMILES string of the molecule is Cc1ccc(S(=O)(=O)Nc2cc(C(=O)N3CCCCC3C)cc(C(=O)N3CCCCC3C)c2)cc1. The van der Waals surface area contributed by atoms with E-state index in [-0.39, 0.29) is 34.5 Å². The number of rotatable bonds is 5. The molecule has 2 aliphatic heterocycles. The first-order valence-electron chi connectivity index (χ1n) is 12.5. The van der Waals surface area contributed by atoms with Crippen LogP contribution in [0.4, 0.5) is 5.69 Å². The molecule has 7 nitrogen and oxygen atoms in total. The molecule has 188 valence electrons. The number of carbonyl (C=O) groups is 2. The van der Waals surface area contributed by atoms with Crippen molar-refractivity contribution in [3.63, 3.8) is 0 Å². The molecule has 2 heterocycles. The lowest BCUT2D eigenvalue weighted by Crippen LogP contribution is -2.43. The number of aryl methyl sites for hydroxylation is 1. The van der Waals surface area contributed by atoms with Gasteiger partial charge in [0, 0.05) is 36.3 Å². The Kier molecular flexibility index (Phi) is 7.50. The Morgan fingerprint density at radius 1 is 0.800 bits per heavy atom. The van der Waals surface area contributed by atoms with Gasteiger partial charge < -0.3 is 9.80 Å². The van der Waals surface area contributed by atoms with E-state index in [4.69, 9.17) is 0 Å². The monoisotopic (exact) mass is 497 g/mol. The van der Waals surface area contributed by atoms with E-state index in [1.165, 1.54) is 0 Å². The van der Waals surface area contributed by atoms with Gasteiger partial charge in [0.25, 0.3) is 21.8 Å². The van der Waals surface area contributed by atoms with Crippen LogP contribution in [0.15, 0.2) is 47.4 Å². The van der Waals surface area contributed by atoms with Crippen LogP contribution in [-0.2, 0) is 10.0 Å². The van der Waals surface area contributed by atoms with E-state index in [1.807, 2.05) is 30.6 Å². The van der Waals surface area contributed by atoms with Crippen LogP contribution in [0.3, 0.4) is 0 Å². The van der Waals surface area contributed by atoms with Gasteiger partial charge in [-0.15, -0.1) is 0 Å². The molecule has 2 aromatic rings. The van der Waals surface area contributed by atoms with E-state index < -0.39 is 10.0 Å². The van der Waals surface area contributed by atoms with E-state index in [9.17, 15) is 18.0 Å². The van der Waals surface area contributed by atoms with Gasteiger partial charge in [0.05, 0.1) is 10.6 Å². The zero-order chi connectivity index (χ0) is 25.2. The maximum Gasteiger partial charge on any atom is 0.261 e. The highest BCUT2D eigenvalue weighted by molar-refractivity contribution is 7.92. The number of anilines is 1. The maximum atomic E-state index is 13.5. The first-order chi connectivity index (χ1) is 16.7. The maximum absolute atomic E-state index is 13.5. The number of carbonyl (C=O) groups excluding carboxylic acids is 2. The van der Waals surface area contributed by atoms with Crippen molar-refractivity contribution in [2.24, 2.45) is 0 Å². The Labute approximate surface area is 208 Å². The van der Waals surface area contributed by atoms with E-state index in [0.717, 1.165) is 44.1 Å². The topological polar surface area (TPSA) is 86.8 Å². The molecule has 0 saturated carbocycles. The Morgan fingerprint density at radius 2 is 1.29 bits per heavy atom. The van der Waals surface area contributed by atoms with Crippen LogP contribution in [0.2, 0.25) is 0 Å². The molecule has 0 aromatic heterocycles. The number of benzene rings is 2. The number of sulfonamides is 1. The smallest absolute Gasteiger partial charge is 0.261 e. The number of piperidine rings is 2. The zero-order valence-electron chi connectivity index (χ0n) is 20.8. The normalized spacial score (nSPS) is 21.0. The minimum atomic E-state index is -3.89. The van der Waals surface area contributed by atoms with Crippen LogP contribution in [0.1, 0.15) is 78.7 Å². The number of hydrogen-bond donors (Lipinski definition) is 1. The summed E-state index contributed by atoms with van der Waals surface area (Å²) in [5.74, 6) is -0.344. The molecule has 0 bridgehead atoms. The highest BCUT2D eigenvalue weighted by atomic mass is 32.2. The minimum absolute atomic E-state index is 0.102. The molecule has 4 rings (SSSR count). The van der Waals surface area contributed by atoms with Crippen molar-refractivity contribution in [2.75, 3.05) is 17.8 Å². The van der Waals surface area contributed by atoms with Gasteiger partial charge in [0.2, 0.25) is 0 Å². The van der Waals surface area contributed by atoms with E-state index in [2.05, 4.69) is 4.72 Å². The van der Waals surface area contributed by atoms with Crippen molar-refractivity contribution in [1.29, 1.82) is 0 Å². The summed E-state index contributed by atoms with van der Waals surface area (Å²) >= 11 is 0. The van der Waals surface area contributed by atoms with Crippen molar-refractivity contribution in [2.45, 2.75) is 76.3 Å². The Morgan fingerprint density at radius 3 is 1.74 bits per heavy atom. The fourth-order valence-electron chi connectivity index (χ4n) is 5.00. The summed E-state index contributed by atoms with van der Waals surface area (Å²) in [5, 5.41) is 0. The molecular formula is C27H35N3O4S. The molecule has 0 spiro atoms. The molecule has 0 aliphatic carbocycles. The summed E-state index contributed by atoms with van der Waals surface area (Å²) in [4.78, 5) is 30.7. The van der Waals surface area contributed by atoms with Gasteiger partial charge in [-0.3, -0.25) is 14.3 Å². The van der Waals surface area contributed by atoms with Crippen molar-refractivity contribution >= 4 is 27.5 Å². The third-order valence-corrected chi connectivity index (χ3v) is 8.54. The summed E-state index contributed by atoms with van der Waals surface area (Å²) in [5.41, 5.74) is 1.83. The summed E-state index contributed by atoms with van der Waals surface area (Å²) in [7, 11) is -3.89. The van der Waals surface area contributed by atoms with E-state index in [1.54, 1.807) is 42.5 Å². The minimum Gasteiger partial charge on any atom is -0.336 e. The Bertz CT molecular complexity index is 1140.